The summed E-state index contributed by atoms with van der Waals surface area (Å²) in [5.41, 5.74) is -0.529. The van der Waals surface area contributed by atoms with E-state index in [9.17, 15) is 9.59 Å². The second-order valence-electron chi connectivity index (χ2n) is 8.25. The van der Waals surface area contributed by atoms with Crippen LogP contribution < -0.4 is 4.74 Å². The lowest BCUT2D eigenvalue weighted by molar-refractivity contribution is -0.136. The molecule has 0 saturated carbocycles. The zero-order chi connectivity index (χ0) is 19.4. The molecular formula is C20H29N3O4. The van der Waals surface area contributed by atoms with Gasteiger partial charge in [-0.25, -0.2) is 9.78 Å². The number of pyridine rings is 1. The molecular weight excluding hydrogens is 346 g/mol. The molecule has 27 heavy (non-hydrogen) atoms. The van der Waals surface area contributed by atoms with Crippen molar-refractivity contribution in [1.29, 1.82) is 0 Å². The summed E-state index contributed by atoms with van der Waals surface area (Å²) in [6, 6.07) is 5.55. The van der Waals surface area contributed by atoms with Crippen molar-refractivity contribution in [1.82, 2.24) is 14.8 Å². The fourth-order valence-electron chi connectivity index (χ4n) is 3.54. The van der Waals surface area contributed by atoms with Gasteiger partial charge in [-0.15, -0.1) is 0 Å². The summed E-state index contributed by atoms with van der Waals surface area (Å²) in [6.07, 6.45) is 3.75. The third kappa shape index (κ3) is 5.34. The van der Waals surface area contributed by atoms with Gasteiger partial charge in [0, 0.05) is 38.3 Å². The minimum absolute atomic E-state index is 0.0330. The van der Waals surface area contributed by atoms with Crippen molar-refractivity contribution in [3.63, 3.8) is 0 Å². The first-order chi connectivity index (χ1) is 12.8. The number of likely N-dealkylation sites (tertiary alicyclic amines) is 2. The van der Waals surface area contributed by atoms with Gasteiger partial charge in [0.1, 0.15) is 11.7 Å². The lowest BCUT2D eigenvalue weighted by atomic mass is 9.97. The molecule has 3 heterocycles. The fraction of sp³-hybridized carbons (Fsp3) is 0.650. The van der Waals surface area contributed by atoms with Crippen molar-refractivity contribution in [3.05, 3.63) is 24.4 Å². The topological polar surface area (TPSA) is 72.0 Å². The number of carbonyl (C=O) groups excluding carboxylic acids is 2. The Hall–Kier alpha value is -2.31. The molecule has 7 heteroatoms. The van der Waals surface area contributed by atoms with Gasteiger partial charge in [-0.05, 0) is 39.7 Å². The smallest absolute Gasteiger partial charge is 0.410 e. The molecule has 0 aliphatic carbocycles. The van der Waals surface area contributed by atoms with E-state index in [1.807, 2.05) is 43.9 Å². The molecule has 0 spiro atoms. The molecule has 0 bridgehead atoms. The Morgan fingerprint density at radius 1 is 1.11 bits per heavy atom. The van der Waals surface area contributed by atoms with Crippen molar-refractivity contribution in [2.45, 2.75) is 51.7 Å². The van der Waals surface area contributed by atoms with Gasteiger partial charge in [0.05, 0.1) is 12.5 Å². The zero-order valence-electron chi connectivity index (χ0n) is 16.4. The van der Waals surface area contributed by atoms with Gasteiger partial charge in [0.15, 0.2) is 0 Å². The Morgan fingerprint density at radius 2 is 1.93 bits per heavy atom. The third-order valence-electron chi connectivity index (χ3n) is 4.80. The largest absolute Gasteiger partial charge is 0.472 e. The second kappa shape index (κ2) is 8.15. The maximum atomic E-state index is 12.9. The van der Waals surface area contributed by atoms with Gasteiger partial charge >= 0.3 is 6.09 Å². The van der Waals surface area contributed by atoms with Crippen LogP contribution in [0.1, 0.15) is 40.0 Å². The van der Waals surface area contributed by atoms with Crippen LogP contribution in [0, 0.1) is 5.92 Å². The van der Waals surface area contributed by atoms with Crippen molar-refractivity contribution in [2.24, 2.45) is 5.92 Å². The van der Waals surface area contributed by atoms with Gasteiger partial charge in [0.25, 0.3) is 0 Å². The van der Waals surface area contributed by atoms with Crippen LogP contribution >= 0.6 is 0 Å². The molecule has 7 nitrogen and oxygen atoms in total. The second-order valence-corrected chi connectivity index (χ2v) is 8.25. The number of hydrogen-bond donors (Lipinski definition) is 0. The van der Waals surface area contributed by atoms with Crippen molar-refractivity contribution < 1.29 is 19.1 Å². The third-order valence-corrected chi connectivity index (χ3v) is 4.80. The molecule has 2 atom stereocenters. The first-order valence-electron chi connectivity index (χ1n) is 9.66. The zero-order valence-corrected chi connectivity index (χ0v) is 16.4. The van der Waals surface area contributed by atoms with Gasteiger partial charge in [0.2, 0.25) is 11.8 Å². The predicted octanol–water partition coefficient (Wildman–Crippen LogP) is 2.71. The highest BCUT2D eigenvalue weighted by molar-refractivity contribution is 5.80. The first kappa shape index (κ1) is 19.5. The molecule has 0 aromatic carbocycles. The number of nitrogens with zero attached hydrogens (tertiary/aromatic N) is 3. The van der Waals surface area contributed by atoms with E-state index in [1.165, 1.54) is 0 Å². The molecule has 2 aliphatic rings. The van der Waals surface area contributed by atoms with E-state index in [1.54, 1.807) is 11.1 Å². The minimum Gasteiger partial charge on any atom is -0.472 e. The highest BCUT2D eigenvalue weighted by Crippen LogP contribution is 2.24. The van der Waals surface area contributed by atoms with Crippen LogP contribution in [0.2, 0.25) is 0 Å². The molecule has 1 aromatic heterocycles. The Balaban J connectivity index is 1.52. The average Bonchev–Trinajstić information content (AvgIpc) is 3.09. The molecule has 3 rings (SSSR count). The van der Waals surface area contributed by atoms with Crippen molar-refractivity contribution in [3.8, 4) is 5.88 Å². The molecule has 2 unspecified atom stereocenters. The van der Waals surface area contributed by atoms with E-state index >= 15 is 0 Å². The molecule has 2 aliphatic heterocycles. The fourth-order valence-corrected chi connectivity index (χ4v) is 3.54. The normalized spacial score (nSPS) is 23.2. The lowest BCUT2D eigenvalue weighted by Crippen LogP contribution is -2.47. The molecule has 0 N–H and O–H groups in total. The highest BCUT2D eigenvalue weighted by Gasteiger charge is 2.36. The van der Waals surface area contributed by atoms with E-state index in [0.717, 1.165) is 19.3 Å². The summed E-state index contributed by atoms with van der Waals surface area (Å²) in [5, 5.41) is 0. The predicted molar refractivity (Wildman–Crippen MR) is 100 cm³/mol. The monoisotopic (exact) mass is 375 g/mol. The molecule has 148 valence electrons. The van der Waals surface area contributed by atoms with E-state index in [0.29, 0.717) is 32.1 Å². The number of rotatable bonds is 3. The molecule has 2 saturated heterocycles. The molecule has 2 amide bonds. The standard InChI is InChI=1S/C20H29N3O4/c1-20(2,3)27-19(25)23-11-6-7-15(13-23)18(24)22-12-9-16(14-22)26-17-8-4-5-10-21-17/h4-5,8,10,15-16H,6-7,9,11-14H2,1-3H3. The Bertz CT molecular complexity index is 659. The number of ether oxygens (including phenoxy) is 2. The number of aromatic nitrogens is 1. The Labute approximate surface area is 160 Å². The molecule has 2 fully saturated rings. The van der Waals surface area contributed by atoms with Crippen LogP contribution in [0.15, 0.2) is 24.4 Å². The van der Waals surface area contributed by atoms with Crippen molar-refractivity contribution in [2.75, 3.05) is 26.2 Å². The van der Waals surface area contributed by atoms with Crippen LogP contribution in [0.3, 0.4) is 0 Å². The summed E-state index contributed by atoms with van der Waals surface area (Å²) < 4.78 is 11.3. The number of hydrogen-bond acceptors (Lipinski definition) is 5. The van der Waals surface area contributed by atoms with Gasteiger partial charge in [-0.2, -0.15) is 0 Å². The van der Waals surface area contributed by atoms with Crippen molar-refractivity contribution >= 4 is 12.0 Å². The minimum atomic E-state index is -0.529. The lowest BCUT2D eigenvalue weighted by Gasteiger charge is -2.35. The summed E-state index contributed by atoms with van der Waals surface area (Å²) in [5.74, 6) is 0.529. The van der Waals surface area contributed by atoms with Gasteiger partial charge in [-0.1, -0.05) is 6.07 Å². The maximum absolute atomic E-state index is 12.9. The Morgan fingerprint density at radius 3 is 2.63 bits per heavy atom. The average molecular weight is 375 g/mol. The highest BCUT2D eigenvalue weighted by atomic mass is 16.6. The molecule has 0 radical (unpaired) electrons. The quantitative estimate of drug-likeness (QED) is 0.812. The SMILES string of the molecule is CC(C)(C)OC(=O)N1CCCC(C(=O)N2CCC(Oc3ccccn3)C2)C1. The summed E-state index contributed by atoms with van der Waals surface area (Å²) >= 11 is 0. The number of amides is 2. The van der Waals surface area contributed by atoms with Crippen LogP contribution in [-0.2, 0) is 9.53 Å². The van der Waals surface area contributed by atoms with Crippen LogP contribution in [0.25, 0.3) is 0 Å². The van der Waals surface area contributed by atoms with Gasteiger partial charge in [-0.3, -0.25) is 4.79 Å². The first-order valence-corrected chi connectivity index (χ1v) is 9.66. The van der Waals surface area contributed by atoms with E-state index in [2.05, 4.69) is 4.98 Å². The van der Waals surface area contributed by atoms with Gasteiger partial charge < -0.3 is 19.3 Å². The molecule has 1 aromatic rings. The summed E-state index contributed by atoms with van der Waals surface area (Å²) in [4.78, 5) is 32.9. The number of piperidine rings is 1. The van der Waals surface area contributed by atoms with Crippen LogP contribution in [0.5, 0.6) is 5.88 Å². The summed E-state index contributed by atoms with van der Waals surface area (Å²) in [7, 11) is 0. The van der Waals surface area contributed by atoms with Crippen LogP contribution in [-0.4, -0.2) is 64.7 Å². The maximum Gasteiger partial charge on any atom is 0.410 e. The van der Waals surface area contributed by atoms with E-state index < -0.39 is 5.60 Å². The van der Waals surface area contributed by atoms with E-state index in [-0.39, 0.29) is 24.0 Å². The number of carbonyl (C=O) groups is 2. The Kier molecular flexibility index (Phi) is 5.87. The van der Waals surface area contributed by atoms with Crippen LogP contribution in [0.4, 0.5) is 4.79 Å². The summed E-state index contributed by atoms with van der Waals surface area (Å²) in [6.45, 7) is 7.87. The van der Waals surface area contributed by atoms with E-state index in [4.69, 9.17) is 9.47 Å².